The third-order valence-corrected chi connectivity index (χ3v) is 17.7. The fourth-order valence-corrected chi connectivity index (χ4v) is 13.5. The second-order valence-corrected chi connectivity index (χ2v) is 23.8. The molecule has 81 heavy (non-hydrogen) atoms. The Balaban J connectivity index is 0.853. The Morgan fingerprint density at radius 2 is 1.33 bits per heavy atom. The van der Waals surface area contributed by atoms with Crippen LogP contribution in [0.3, 0.4) is 0 Å². The largest absolute Gasteiger partial charge is 0.522 e. The fourth-order valence-electron chi connectivity index (χ4n) is 8.99. The molecule has 46 heteroatoms. The Bertz CT molecular complexity index is 3650. The first-order valence-corrected chi connectivity index (χ1v) is 28.8. The number of hydrogen-bond donors (Lipinski definition) is 12. The van der Waals surface area contributed by atoms with Crippen molar-refractivity contribution in [3.05, 3.63) is 46.0 Å². The molecule has 0 aromatic carbocycles. The number of H-pyrrole nitrogens is 2. The molecule has 9 rings (SSSR count). The number of nitrogens with two attached hydrogens (primary N) is 3. The Morgan fingerprint density at radius 3 is 2.02 bits per heavy atom. The number of alkyl halides is 3. The highest BCUT2D eigenvalue weighted by molar-refractivity contribution is 7.66. The number of nitrogens with one attached hydrogen (secondary N) is 2. The monoisotopic (exact) mass is 1240 g/mol. The van der Waals surface area contributed by atoms with E-state index in [1.807, 2.05) is 0 Å². The lowest BCUT2D eigenvalue weighted by molar-refractivity contribution is -0.745. The number of fused-ring (bicyclic) bond motifs is 3. The molecule has 3 saturated heterocycles. The highest BCUT2D eigenvalue weighted by atomic mass is 31.3. The predicted molar refractivity (Wildman–Crippen MR) is 253 cm³/mol. The normalized spacial score (nSPS) is 29.3. The Hall–Kier alpha value is -5.36. The van der Waals surface area contributed by atoms with Crippen molar-refractivity contribution in [3.63, 3.8) is 0 Å². The summed E-state index contributed by atoms with van der Waals surface area (Å²) in [5, 5.41) is 32.9. The Morgan fingerprint density at radius 1 is 0.716 bits per heavy atom. The molecule has 3 aliphatic rings. The van der Waals surface area contributed by atoms with Crippen LogP contribution in [0.4, 0.5) is 30.9 Å². The van der Waals surface area contributed by atoms with Crippen molar-refractivity contribution >= 4 is 82.5 Å². The minimum Gasteiger partial charge on any atom is -0.387 e. The van der Waals surface area contributed by atoms with Gasteiger partial charge in [0, 0.05) is 19.4 Å². The zero-order valence-electron chi connectivity index (χ0n) is 41.0. The first-order chi connectivity index (χ1) is 37.8. The number of aryl methyl sites for hydroxylation is 1. The molecule has 6 aromatic heterocycles. The average molecular weight is 1240 g/mol. The minimum atomic E-state index is -6.27. The number of aliphatic hydroxyl groups is 3. The van der Waals surface area contributed by atoms with Crippen LogP contribution in [0, 0.1) is 5.92 Å². The quantitative estimate of drug-likeness (QED) is 0.0246. The maximum Gasteiger partial charge on any atom is 0.522 e. The lowest BCUT2D eigenvalue weighted by Crippen LogP contribution is -2.46. The average Bonchev–Trinajstić information content (AvgIpc) is 4.33. The van der Waals surface area contributed by atoms with Gasteiger partial charge in [-0.25, -0.2) is 42.8 Å². The van der Waals surface area contributed by atoms with E-state index in [4.69, 9.17) is 54.2 Å². The number of imidazole rings is 3. The van der Waals surface area contributed by atoms with Crippen molar-refractivity contribution < 1.29 is 121 Å². The number of ether oxygens (including phenoxy) is 5. The van der Waals surface area contributed by atoms with Gasteiger partial charge in [-0.3, -0.25) is 56.1 Å². The highest BCUT2D eigenvalue weighted by Gasteiger charge is 2.54. The van der Waals surface area contributed by atoms with Crippen LogP contribution in [0.5, 0.6) is 0 Å². The van der Waals surface area contributed by atoms with Crippen LogP contribution in [-0.4, -0.2) is 177 Å². The van der Waals surface area contributed by atoms with Crippen LogP contribution >= 0.6 is 31.3 Å². The van der Waals surface area contributed by atoms with E-state index in [0.717, 1.165) is 35.2 Å². The molecule has 3 aliphatic heterocycles. The maximum atomic E-state index is 13.7. The SMILES string of the molecule is CO[C@@H]1[C@H](OP(=O)(O)OC[C@H]2O[C@@H](n3cnc4c(=O)[nH]c(N)nc43)[C@H](O)[C@@H]2O)[C@@H](CCOP(=O)(O)OP(=O)(O)OP(=O)(O)OC[C@H]2O[C@@H]([n+]3cn(C)c4c(=O)[nH]c(N)nc43)[C@H](O)[C@@H]2COC(F)(F)F)O[C@H]1n1cnc2c(N)ncnc21. The van der Waals surface area contributed by atoms with Gasteiger partial charge in [-0.15, -0.1) is 13.2 Å². The summed E-state index contributed by atoms with van der Waals surface area (Å²) in [6.07, 6.45) is -19.9. The van der Waals surface area contributed by atoms with Crippen LogP contribution in [0.15, 0.2) is 34.9 Å². The van der Waals surface area contributed by atoms with Crippen LogP contribution in [0.25, 0.3) is 33.5 Å². The molecule has 0 bridgehead atoms. The van der Waals surface area contributed by atoms with Gasteiger partial charge in [0.25, 0.3) is 17.1 Å². The van der Waals surface area contributed by atoms with Crippen molar-refractivity contribution in [2.75, 3.05) is 50.7 Å². The summed E-state index contributed by atoms with van der Waals surface area (Å²) in [5.41, 5.74) is 15.1. The molecule has 4 unspecified atom stereocenters. The second kappa shape index (κ2) is 22.7. The van der Waals surface area contributed by atoms with Crippen molar-refractivity contribution in [1.82, 2.24) is 53.6 Å². The summed E-state index contributed by atoms with van der Waals surface area (Å²) in [6.45, 7) is -4.71. The Labute approximate surface area is 446 Å². The number of aromatic nitrogens is 12. The van der Waals surface area contributed by atoms with Gasteiger partial charge in [0.1, 0.15) is 48.5 Å². The molecule has 0 aliphatic carbocycles. The zero-order chi connectivity index (χ0) is 58.9. The first-order valence-electron chi connectivity index (χ1n) is 22.9. The van der Waals surface area contributed by atoms with Crippen LogP contribution in [0.2, 0.25) is 0 Å². The van der Waals surface area contributed by atoms with E-state index in [1.165, 1.54) is 22.5 Å². The van der Waals surface area contributed by atoms with Gasteiger partial charge in [0.05, 0.1) is 58.3 Å². The number of aliphatic hydroxyl groups excluding tert-OH is 3. The zero-order valence-corrected chi connectivity index (χ0v) is 44.5. The van der Waals surface area contributed by atoms with Crippen LogP contribution in [0.1, 0.15) is 25.1 Å². The summed E-state index contributed by atoms with van der Waals surface area (Å²) >= 11 is 0. The van der Waals surface area contributed by atoms with Gasteiger partial charge >= 0.3 is 43.3 Å². The molecule has 0 spiro atoms. The lowest BCUT2D eigenvalue weighted by Gasteiger charge is -2.26. The highest BCUT2D eigenvalue weighted by Crippen LogP contribution is 2.68. The van der Waals surface area contributed by atoms with Gasteiger partial charge in [-0.05, 0) is 0 Å². The number of aromatic amines is 2. The molecule has 446 valence electrons. The summed E-state index contributed by atoms with van der Waals surface area (Å²) in [6, 6.07) is 0. The number of halogens is 3. The third kappa shape index (κ3) is 12.9. The minimum absolute atomic E-state index is 0.0366. The predicted octanol–water partition coefficient (Wildman–Crippen LogP) is -2.53. The molecule has 15 N–H and O–H groups in total. The smallest absolute Gasteiger partial charge is 0.387 e. The maximum absolute atomic E-state index is 13.7. The van der Waals surface area contributed by atoms with E-state index in [9.17, 15) is 75.9 Å². The molecule has 0 amide bonds. The number of anilines is 3. The molecule has 0 saturated carbocycles. The topological polar surface area (TPSA) is 551 Å². The summed E-state index contributed by atoms with van der Waals surface area (Å²) in [7, 11) is -21.1. The van der Waals surface area contributed by atoms with Crippen molar-refractivity contribution in [2.24, 2.45) is 13.0 Å². The third-order valence-electron chi connectivity index (χ3n) is 12.4. The van der Waals surface area contributed by atoms with Crippen molar-refractivity contribution in [1.29, 1.82) is 0 Å². The van der Waals surface area contributed by atoms with E-state index in [1.54, 1.807) is 0 Å². The number of hydrogen-bond acceptors (Lipinski definition) is 29. The number of nitrogen functional groups attached to an aromatic ring is 3. The van der Waals surface area contributed by atoms with E-state index in [-0.39, 0.29) is 45.3 Å². The van der Waals surface area contributed by atoms with E-state index >= 15 is 0 Å². The summed E-state index contributed by atoms with van der Waals surface area (Å²) in [4.78, 5) is 95.7. The fraction of sp³-hybridized carbons (Fsp3) is 0.571. The second-order valence-electron chi connectivity index (χ2n) is 17.7. The number of methoxy groups -OCH3 is 1. The number of phosphoric ester groups is 3. The molecule has 16 atom stereocenters. The van der Waals surface area contributed by atoms with E-state index in [2.05, 4.69) is 53.2 Å². The van der Waals surface area contributed by atoms with Gasteiger partial charge in [0.15, 0.2) is 41.4 Å². The Kier molecular flexibility index (Phi) is 16.9. The van der Waals surface area contributed by atoms with Crippen LogP contribution < -0.4 is 32.9 Å². The summed E-state index contributed by atoms with van der Waals surface area (Å²) in [5.74, 6) is -2.58. The van der Waals surface area contributed by atoms with Crippen LogP contribution in [-0.2, 0) is 75.7 Å². The summed E-state index contributed by atoms with van der Waals surface area (Å²) < 4.78 is 152. The number of nitrogens with zero attached hydrogens (tertiary/aromatic N) is 10. The van der Waals surface area contributed by atoms with E-state index in [0.29, 0.717) is 0 Å². The van der Waals surface area contributed by atoms with Gasteiger partial charge < -0.3 is 71.0 Å². The first kappa shape index (κ1) is 60.2. The molecular formula is C35H47F3N15O24P4+. The standard InChI is InChI=1S/C35H46F3N15O24P4/c1-50-11-53(27-18(50)29(58)49-34(41)47-27)30-19(54)12(5-68-35(36,37)38)14(73-30)6-71-80(63,64)77-81(65,66)76-79(61,62)69-4-3-13-22(23(67-2)32(72-13)51-9-44-16-24(39)42-8-43-25(16)51)75-78(59,60)70-7-15-20(55)21(56)31(74-15)52-10-45-17-26(52)46-33(40)48-28(17)57/h8-15,19-23,30-32,54-56H,3-7H2,1-2H3,(H11-,39,40,41,42,43,46,47,48,49,57,58,59,60,61,62,63,64,65,66)/p+1/t12-,13-,14-,15-,19-,20-,21-,22-,23-,30-,31-,32-/m1/s1. The van der Waals surface area contributed by atoms with Gasteiger partial charge in [-0.1, -0.05) is 4.98 Å². The molecular weight excluding hydrogens is 1200 g/mol. The lowest BCUT2D eigenvalue weighted by atomic mass is 9.99. The molecule has 0 radical (unpaired) electrons. The van der Waals surface area contributed by atoms with E-state index < -0.39 is 161 Å². The number of phosphoric acid groups is 4. The van der Waals surface area contributed by atoms with Crippen molar-refractivity contribution in [3.8, 4) is 0 Å². The van der Waals surface area contributed by atoms with Crippen molar-refractivity contribution in [2.45, 2.75) is 80.3 Å². The number of rotatable bonds is 22. The van der Waals surface area contributed by atoms with Gasteiger partial charge in [0.2, 0.25) is 17.7 Å². The molecule has 3 fully saturated rings. The van der Waals surface area contributed by atoms with Gasteiger partial charge in [-0.2, -0.15) is 13.6 Å². The molecule has 39 nitrogen and oxygen atoms in total. The molecule has 9 heterocycles. The molecule has 6 aromatic rings.